The van der Waals surface area contributed by atoms with Crippen LogP contribution in [0.1, 0.15) is 62.0 Å². The number of benzene rings is 1. The smallest absolute Gasteiger partial charge is 0.340 e. The molecule has 45 heavy (non-hydrogen) atoms. The molecule has 5 heterocycles. The molecular formula is C30H24ClF4N7O3. The highest BCUT2D eigenvalue weighted by molar-refractivity contribution is 6.31. The number of rotatable bonds is 5. The second kappa shape index (κ2) is 12.3. The minimum atomic E-state index is -2.97. The number of fused-ring (bicyclic) bond motifs is 4. The summed E-state index contributed by atoms with van der Waals surface area (Å²) in [4.78, 5) is 31.0. The fourth-order valence-electron chi connectivity index (χ4n) is 5.38. The molecule has 4 aromatic heterocycles. The van der Waals surface area contributed by atoms with Gasteiger partial charge in [0.2, 0.25) is 5.91 Å². The summed E-state index contributed by atoms with van der Waals surface area (Å²) in [5, 5.41) is 14.1. The molecule has 10 nitrogen and oxygen atoms in total. The van der Waals surface area contributed by atoms with Crippen molar-refractivity contribution in [3.63, 3.8) is 0 Å². The standard InChI is InChI=1S/C30H24ClF4N7O3/c1-15-3-2-4-18(21-11-16(9-10-36-21)26-22(38-28(15)43)13-37-42(26)30(34)35)19-6-8-25(45-29(19)44)20-12-17(31)5-7-24(20)41-14-23(27(32)33)39-40-41/h5-15,18,27,30H,2-4H2,1H3,(H,38,43)/t15-,18+/m1/s1. The molecule has 1 amide bonds. The quantitative estimate of drug-likeness (QED) is 0.205. The van der Waals surface area contributed by atoms with Gasteiger partial charge >= 0.3 is 12.2 Å². The van der Waals surface area contributed by atoms with Crippen LogP contribution < -0.4 is 10.9 Å². The fraction of sp³-hybridized carbons (Fsp3) is 0.267. The SMILES string of the molecule is C[C@@H]1CCC[C@@H](c2ccc(-c3cc(Cl)ccc3-n3cc(C(F)F)nn3)oc2=O)c2cc(ccn2)-c2c(cnn2C(F)F)NC1=O. The molecule has 0 radical (unpaired) electrons. The lowest BCUT2D eigenvalue weighted by molar-refractivity contribution is -0.119. The largest absolute Gasteiger partial charge is 0.422 e. The number of alkyl halides is 4. The number of carbonyl (C=O) groups is 1. The molecule has 0 aliphatic carbocycles. The summed E-state index contributed by atoms with van der Waals surface area (Å²) < 4.78 is 61.6. The van der Waals surface area contributed by atoms with Crippen LogP contribution in [-0.4, -0.2) is 35.7 Å². The number of anilines is 1. The summed E-state index contributed by atoms with van der Waals surface area (Å²) in [7, 11) is 0. The molecule has 5 aromatic rings. The third-order valence-corrected chi connectivity index (χ3v) is 7.90. The van der Waals surface area contributed by atoms with Crippen molar-refractivity contribution in [2.24, 2.45) is 5.92 Å². The predicted octanol–water partition coefficient (Wildman–Crippen LogP) is 7.02. The Morgan fingerprint density at radius 2 is 1.89 bits per heavy atom. The van der Waals surface area contributed by atoms with Crippen molar-refractivity contribution >= 4 is 23.2 Å². The van der Waals surface area contributed by atoms with E-state index >= 15 is 0 Å². The first-order valence-electron chi connectivity index (χ1n) is 13.9. The van der Waals surface area contributed by atoms with Crippen molar-refractivity contribution in [3.05, 3.63) is 93.4 Å². The number of nitrogens with one attached hydrogen (secondary N) is 1. The van der Waals surface area contributed by atoms with Crippen LogP contribution in [0.4, 0.5) is 23.2 Å². The summed E-state index contributed by atoms with van der Waals surface area (Å²) in [5.41, 5.74) is 0.543. The maximum absolute atomic E-state index is 13.9. The lowest BCUT2D eigenvalue weighted by Gasteiger charge is -2.20. The van der Waals surface area contributed by atoms with Gasteiger partial charge < -0.3 is 9.73 Å². The summed E-state index contributed by atoms with van der Waals surface area (Å²) in [6.45, 7) is -1.24. The summed E-state index contributed by atoms with van der Waals surface area (Å²) in [6, 6.07) is 10.8. The molecular weight excluding hydrogens is 618 g/mol. The van der Waals surface area contributed by atoms with Crippen LogP contribution in [0.3, 0.4) is 0 Å². The number of hydrogen-bond acceptors (Lipinski definition) is 7. The van der Waals surface area contributed by atoms with Gasteiger partial charge in [0, 0.05) is 45.4 Å². The molecule has 232 valence electrons. The van der Waals surface area contributed by atoms with Crippen molar-refractivity contribution in [2.45, 2.75) is 45.1 Å². The zero-order valence-electron chi connectivity index (χ0n) is 23.5. The van der Waals surface area contributed by atoms with Gasteiger partial charge in [0.15, 0.2) is 0 Å². The highest BCUT2D eigenvalue weighted by atomic mass is 35.5. The van der Waals surface area contributed by atoms with Gasteiger partial charge in [0.25, 0.3) is 6.43 Å². The van der Waals surface area contributed by atoms with Crippen LogP contribution >= 0.6 is 11.6 Å². The van der Waals surface area contributed by atoms with Crippen molar-refractivity contribution < 1.29 is 26.8 Å². The first-order chi connectivity index (χ1) is 21.6. The number of amides is 1. The summed E-state index contributed by atoms with van der Waals surface area (Å²) in [5.74, 6) is -1.31. The third-order valence-electron chi connectivity index (χ3n) is 7.66. The van der Waals surface area contributed by atoms with Crippen molar-refractivity contribution in [1.29, 1.82) is 0 Å². The van der Waals surface area contributed by atoms with Gasteiger partial charge in [0.1, 0.15) is 11.5 Å². The summed E-state index contributed by atoms with van der Waals surface area (Å²) >= 11 is 6.23. The highest BCUT2D eigenvalue weighted by Gasteiger charge is 2.27. The third kappa shape index (κ3) is 5.97. The highest BCUT2D eigenvalue weighted by Crippen LogP contribution is 2.37. The van der Waals surface area contributed by atoms with E-state index in [-0.39, 0.29) is 28.6 Å². The lowest BCUT2D eigenvalue weighted by atomic mass is 9.88. The van der Waals surface area contributed by atoms with Gasteiger partial charge in [-0.2, -0.15) is 13.9 Å². The van der Waals surface area contributed by atoms with E-state index in [2.05, 4.69) is 25.7 Å². The topological polar surface area (TPSA) is 121 Å². The number of hydrogen-bond donors (Lipinski definition) is 1. The Hall–Kier alpha value is -4.85. The fourth-order valence-corrected chi connectivity index (χ4v) is 5.55. The number of nitrogens with zero attached hydrogens (tertiary/aromatic N) is 6. The molecule has 1 aromatic carbocycles. The molecule has 2 bridgehead atoms. The van der Waals surface area contributed by atoms with Gasteiger partial charge in [-0.25, -0.2) is 22.9 Å². The molecule has 0 unspecified atom stereocenters. The Kier molecular flexibility index (Phi) is 8.23. The summed E-state index contributed by atoms with van der Waals surface area (Å²) in [6.07, 6.45) is 2.25. The van der Waals surface area contributed by atoms with E-state index in [1.165, 1.54) is 36.7 Å². The van der Waals surface area contributed by atoms with E-state index in [0.29, 0.717) is 51.5 Å². The molecule has 2 atom stereocenters. The maximum atomic E-state index is 13.9. The van der Waals surface area contributed by atoms with E-state index in [1.807, 2.05) is 0 Å². The average Bonchev–Trinajstić information content (AvgIpc) is 3.67. The molecule has 6 rings (SSSR count). The van der Waals surface area contributed by atoms with Crippen molar-refractivity contribution in [2.75, 3.05) is 5.32 Å². The van der Waals surface area contributed by atoms with Gasteiger partial charge in [-0.3, -0.25) is 9.78 Å². The van der Waals surface area contributed by atoms with E-state index in [0.717, 1.165) is 10.9 Å². The number of carbonyl (C=O) groups excluding carboxylic acids is 1. The number of pyridine rings is 1. The number of halogens is 5. The van der Waals surface area contributed by atoms with E-state index in [4.69, 9.17) is 16.0 Å². The van der Waals surface area contributed by atoms with Crippen LogP contribution in [0.15, 0.2) is 70.3 Å². The molecule has 0 fully saturated rings. The van der Waals surface area contributed by atoms with Crippen LogP contribution in [0.2, 0.25) is 5.02 Å². The molecule has 0 spiro atoms. The van der Waals surface area contributed by atoms with Gasteiger partial charge in [-0.15, -0.1) is 5.10 Å². The Morgan fingerprint density at radius 1 is 1.07 bits per heavy atom. The molecule has 1 aliphatic heterocycles. The minimum absolute atomic E-state index is 0.00695. The predicted molar refractivity (Wildman–Crippen MR) is 155 cm³/mol. The van der Waals surface area contributed by atoms with Crippen LogP contribution in [0, 0.1) is 5.92 Å². The van der Waals surface area contributed by atoms with Gasteiger partial charge in [-0.05, 0) is 55.3 Å². The number of aromatic nitrogens is 6. The minimum Gasteiger partial charge on any atom is -0.422 e. The second-order valence-corrected chi connectivity index (χ2v) is 11.0. The Balaban J connectivity index is 1.43. The van der Waals surface area contributed by atoms with Gasteiger partial charge in [-0.1, -0.05) is 30.2 Å². The van der Waals surface area contributed by atoms with Crippen molar-refractivity contribution in [1.82, 2.24) is 29.8 Å². The van der Waals surface area contributed by atoms with Crippen LogP contribution in [0.25, 0.3) is 28.3 Å². The van der Waals surface area contributed by atoms with Crippen molar-refractivity contribution in [3.8, 4) is 28.3 Å². The van der Waals surface area contributed by atoms with E-state index < -0.39 is 36.1 Å². The Labute approximate surface area is 257 Å². The molecule has 0 saturated carbocycles. The monoisotopic (exact) mass is 641 g/mol. The Morgan fingerprint density at radius 3 is 2.62 bits per heavy atom. The molecule has 1 N–H and O–H groups in total. The van der Waals surface area contributed by atoms with E-state index in [1.54, 1.807) is 25.1 Å². The lowest BCUT2D eigenvalue weighted by Crippen LogP contribution is -2.22. The van der Waals surface area contributed by atoms with Gasteiger partial charge in [0.05, 0.1) is 29.5 Å². The maximum Gasteiger partial charge on any atom is 0.340 e. The Bertz CT molecular complexity index is 1940. The molecule has 15 heteroatoms. The second-order valence-electron chi connectivity index (χ2n) is 10.6. The first-order valence-corrected chi connectivity index (χ1v) is 14.3. The molecule has 1 aliphatic rings. The van der Waals surface area contributed by atoms with E-state index in [9.17, 15) is 27.2 Å². The zero-order chi connectivity index (χ0) is 31.8. The first kappa shape index (κ1) is 30.2. The zero-order valence-corrected chi connectivity index (χ0v) is 24.3. The molecule has 0 saturated heterocycles. The average molecular weight is 642 g/mol. The van der Waals surface area contributed by atoms with Crippen LogP contribution in [0.5, 0.6) is 0 Å². The normalized spacial score (nSPS) is 17.1. The van der Waals surface area contributed by atoms with Crippen LogP contribution in [-0.2, 0) is 4.79 Å².